The molecule has 4 nitrogen and oxygen atoms in total. The highest BCUT2D eigenvalue weighted by Gasteiger charge is 2.18. The van der Waals surface area contributed by atoms with Crippen molar-refractivity contribution in [1.29, 1.82) is 0 Å². The molecular formula is C7H5F2IN2O2. The Bertz CT molecular complexity index is 430. The lowest BCUT2D eigenvalue weighted by Gasteiger charge is -2.05. The van der Waals surface area contributed by atoms with E-state index in [4.69, 9.17) is 5.73 Å². The maximum Gasteiger partial charge on any atom is 0.266 e. The number of nitrogens with one attached hydrogen (secondary N) is 1. The van der Waals surface area contributed by atoms with Crippen molar-refractivity contribution < 1.29 is 13.6 Å². The van der Waals surface area contributed by atoms with E-state index < -0.39 is 23.5 Å². The third kappa shape index (κ3) is 2.08. The van der Waals surface area contributed by atoms with Crippen LogP contribution in [0, 0.1) is 3.57 Å². The van der Waals surface area contributed by atoms with Crippen molar-refractivity contribution in [2.75, 3.05) is 0 Å². The molecule has 0 spiro atoms. The molecule has 1 rings (SSSR count). The molecule has 0 aromatic carbocycles. The maximum absolute atomic E-state index is 12.3. The first kappa shape index (κ1) is 11.1. The van der Waals surface area contributed by atoms with Gasteiger partial charge < -0.3 is 10.7 Å². The number of pyridine rings is 1. The second-order valence-corrected chi connectivity index (χ2v) is 3.52. The summed E-state index contributed by atoms with van der Waals surface area (Å²) in [6.07, 6.45) is -2.80. The Balaban J connectivity index is 3.48. The van der Waals surface area contributed by atoms with E-state index in [2.05, 4.69) is 4.98 Å². The fourth-order valence-electron chi connectivity index (χ4n) is 0.892. The minimum absolute atomic E-state index is 0.0234. The monoisotopic (exact) mass is 314 g/mol. The van der Waals surface area contributed by atoms with E-state index in [1.54, 1.807) is 0 Å². The van der Waals surface area contributed by atoms with E-state index in [-0.39, 0.29) is 9.26 Å². The molecule has 0 bridgehead atoms. The summed E-state index contributed by atoms with van der Waals surface area (Å²) in [7, 11) is 0. The summed E-state index contributed by atoms with van der Waals surface area (Å²) >= 11 is 1.54. The molecule has 7 heteroatoms. The molecule has 0 unspecified atom stereocenters. The lowest BCUT2D eigenvalue weighted by Crippen LogP contribution is -2.21. The van der Waals surface area contributed by atoms with Crippen LogP contribution in [0.15, 0.2) is 10.9 Å². The number of primary amides is 1. The van der Waals surface area contributed by atoms with Crippen LogP contribution in [0.2, 0.25) is 0 Å². The first-order valence-electron chi connectivity index (χ1n) is 3.44. The van der Waals surface area contributed by atoms with Gasteiger partial charge in [-0.25, -0.2) is 8.78 Å². The predicted molar refractivity (Wildman–Crippen MR) is 53.3 cm³/mol. The summed E-state index contributed by atoms with van der Waals surface area (Å²) < 4.78 is 24.7. The van der Waals surface area contributed by atoms with Crippen molar-refractivity contribution in [2.24, 2.45) is 5.73 Å². The lowest BCUT2D eigenvalue weighted by molar-refractivity contribution is 0.0993. The van der Waals surface area contributed by atoms with E-state index in [9.17, 15) is 18.4 Å². The molecule has 0 aliphatic carbocycles. The molecule has 14 heavy (non-hydrogen) atoms. The SMILES string of the molecule is NC(=O)c1[nH]c(=O)cc(C(F)F)c1I. The molecule has 1 aromatic rings. The van der Waals surface area contributed by atoms with E-state index in [1.165, 1.54) is 22.6 Å². The van der Waals surface area contributed by atoms with Gasteiger partial charge in [-0.2, -0.15) is 0 Å². The van der Waals surface area contributed by atoms with Crippen molar-refractivity contribution in [3.05, 3.63) is 31.2 Å². The van der Waals surface area contributed by atoms with E-state index in [0.29, 0.717) is 0 Å². The number of H-pyrrole nitrogens is 1. The van der Waals surface area contributed by atoms with E-state index in [1.807, 2.05) is 0 Å². The van der Waals surface area contributed by atoms with Gasteiger partial charge in [0, 0.05) is 11.6 Å². The molecule has 3 N–H and O–H groups in total. The zero-order valence-electron chi connectivity index (χ0n) is 6.68. The van der Waals surface area contributed by atoms with Gasteiger partial charge in [-0.15, -0.1) is 0 Å². The van der Waals surface area contributed by atoms with Crippen molar-refractivity contribution in [3.8, 4) is 0 Å². The van der Waals surface area contributed by atoms with Gasteiger partial charge in [0.25, 0.3) is 12.3 Å². The van der Waals surface area contributed by atoms with Crippen LogP contribution in [0.25, 0.3) is 0 Å². The summed E-state index contributed by atoms with van der Waals surface area (Å²) in [5.41, 5.74) is 3.36. The average molecular weight is 314 g/mol. The Labute approximate surface area is 90.6 Å². The van der Waals surface area contributed by atoms with Gasteiger partial charge >= 0.3 is 0 Å². The van der Waals surface area contributed by atoms with Crippen LogP contribution in [0.3, 0.4) is 0 Å². The minimum Gasteiger partial charge on any atom is -0.364 e. The fourth-order valence-corrected chi connectivity index (χ4v) is 1.68. The summed E-state index contributed by atoms with van der Waals surface area (Å²) in [6, 6.07) is 0.749. The molecular weight excluding hydrogens is 309 g/mol. The number of hydrogen-bond acceptors (Lipinski definition) is 2. The zero-order chi connectivity index (χ0) is 10.9. The van der Waals surface area contributed by atoms with Crippen LogP contribution in [-0.4, -0.2) is 10.9 Å². The quantitative estimate of drug-likeness (QED) is 0.800. The van der Waals surface area contributed by atoms with E-state index >= 15 is 0 Å². The number of aromatic amines is 1. The third-order valence-corrected chi connectivity index (χ3v) is 2.65. The lowest BCUT2D eigenvalue weighted by atomic mass is 10.2. The first-order chi connectivity index (χ1) is 6.43. The highest BCUT2D eigenvalue weighted by molar-refractivity contribution is 14.1. The highest BCUT2D eigenvalue weighted by atomic mass is 127. The standard InChI is InChI=1S/C7H5F2IN2O2/c8-6(9)2-1-3(13)12-5(4(2)10)7(11)14/h1,6H,(H2,11,14)(H,12,13). The van der Waals surface area contributed by atoms with Gasteiger partial charge in [0.1, 0.15) is 5.69 Å². The van der Waals surface area contributed by atoms with Crippen LogP contribution >= 0.6 is 22.6 Å². The van der Waals surface area contributed by atoms with Gasteiger partial charge in [-0.1, -0.05) is 0 Å². The predicted octanol–water partition coefficient (Wildman–Crippen LogP) is 1.02. The van der Waals surface area contributed by atoms with E-state index in [0.717, 1.165) is 6.07 Å². The maximum atomic E-state index is 12.3. The molecule has 1 amide bonds. The molecule has 0 aliphatic heterocycles. The van der Waals surface area contributed by atoms with Crippen molar-refractivity contribution in [1.82, 2.24) is 4.98 Å². The Kier molecular flexibility index (Phi) is 3.19. The van der Waals surface area contributed by atoms with Crippen molar-refractivity contribution in [3.63, 3.8) is 0 Å². The van der Waals surface area contributed by atoms with Crippen LogP contribution in [0.1, 0.15) is 22.5 Å². The first-order valence-corrected chi connectivity index (χ1v) is 4.52. The molecule has 1 aromatic heterocycles. The molecule has 0 radical (unpaired) electrons. The second kappa shape index (κ2) is 4.03. The van der Waals surface area contributed by atoms with Crippen molar-refractivity contribution >= 4 is 28.5 Å². The zero-order valence-corrected chi connectivity index (χ0v) is 8.84. The van der Waals surface area contributed by atoms with Crippen LogP contribution in [0.4, 0.5) is 8.78 Å². The van der Waals surface area contributed by atoms with Crippen LogP contribution < -0.4 is 11.3 Å². The molecule has 0 atom stereocenters. The number of hydrogen-bond donors (Lipinski definition) is 2. The van der Waals surface area contributed by atoms with Crippen LogP contribution in [-0.2, 0) is 0 Å². The van der Waals surface area contributed by atoms with Crippen LogP contribution in [0.5, 0.6) is 0 Å². The normalized spacial score (nSPS) is 10.6. The Morgan fingerprint density at radius 2 is 2.14 bits per heavy atom. The number of halogens is 3. The molecule has 0 saturated carbocycles. The average Bonchev–Trinajstić information content (AvgIpc) is 2.07. The number of rotatable bonds is 2. The molecule has 0 fully saturated rings. The molecule has 1 heterocycles. The number of alkyl halides is 2. The topological polar surface area (TPSA) is 76.0 Å². The smallest absolute Gasteiger partial charge is 0.266 e. The molecule has 0 aliphatic rings. The second-order valence-electron chi connectivity index (χ2n) is 2.44. The number of aromatic nitrogens is 1. The largest absolute Gasteiger partial charge is 0.364 e. The Morgan fingerprint density at radius 1 is 1.57 bits per heavy atom. The summed E-state index contributed by atoms with van der Waals surface area (Å²) in [5, 5.41) is 0. The Hall–Kier alpha value is -0.990. The summed E-state index contributed by atoms with van der Waals surface area (Å²) in [5.74, 6) is -0.936. The number of nitrogens with two attached hydrogens (primary N) is 1. The van der Waals surface area contributed by atoms with Gasteiger partial charge in [0.05, 0.1) is 3.57 Å². The molecule has 76 valence electrons. The number of carbonyl (C=O) groups is 1. The number of carbonyl (C=O) groups excluding carboxylic acids is 1. The minimum atomic E-state index is -2.80. The van der Waals surface area contributed by atoms with Gasteiger partial charge in [0.2, 0.25) is 5.56 Å². The summed E-state index contributed by atoms with van der Waals surface area (Å²) in [4.78, 5) is 23.7. The highest BCUT2D eigenvalue weighted by Crippen LogP contribution is 2.24. The van der Waals surface area contributed by atoms with Crippen molar-refractivity contribution in [2.45, 2.75) is 6.43 Å². The Morgan fingerprint density at radius 3 is 2.57 bits per heavy atom. The third-order valence-electron chi connectivity index (χ3n) is 1.49. The fraction of sp³-hybridized carbons (Fsp3) is 0.143. The summed E-state index contributed by atoms with van der Waals surface area (Å²) in [6.45, 7) is 0. The van der Waals surface area contributed by atoms with Gasteiger partial charge in [-0.05, 0) is 22.6 Å². The number of amides is 1. The van der Waals surface area contributed by atoms with Gasteiger partial charge in [-0.3, -0.25) is 9.59 Å². The molecule has 0 saturated heterocycles. The van der Waals surface area contributed by atoms with Gasteiger partial charge in [0.15, 0.2) is 0 Å².